The van der Waals surface area contributed by atoms with Crippen molar-refractivity contribution in [1.29, 1.82) is 0 Å². The third-order valence-electron chi connectivity index (χ3n) is 2.15. The highest BCUT2D eigenvalue weighted by atomic mass is 35.5. The summed E-state index contributed by atoms with van der Waals surface area (Å²) in [5.74, 6) is 0. The van der Waals surface area contributed by atoms with E-state index in [0.717, 1.165) is 11.1 Å². The van der Waals surface area contributed by atoms with Gasteiger partial charge < -0.3 is 5.73 Å². The first-order valence-corrected chi connectivity index (χ1v) is 6.10. The number of hydrogen-bond acceptors (Lipinski definition) is 2. The van der Waals surface area contributed by atoms with Crippen LogP contribution in [0.2, 0.25) is 10.0 Å². The molecule has 2 rings (SSSR count). The Morgan fingerprint density at radius 1 is 1.07 bits per heavy atom. The number of rotatable bonds is 2. The molecule has 0 radical (unpaired) electrons. The summed E-state index contributed by atoms with van der Waals surface area (Å²) in [7, 11) is 0. The summed E-state index contributed by atoms with van der Waals surface area (Å²) in [4.78, 5) is 0. The van der Waals surface area contributed by atoms with Crippen LogP contribution in [0.3, 0.4) is 0 Å². The molecule has 0 bridgehead atoms. The van der Waals surface area contributed by atoms with Gasteiger partial charge in [0.15, 0.2) is 0 Å². The van der Waals surface area contributed by atoms with Crippen LogP contribution in [0, 0.1) is 0 Å². The molecule has 1 nitrogen and oxygen atoms in total. The highest BCUT2D eigenvalue weighted by Crippen LogP contribution is 2.27. The summed E-state index contributed by atoms with van der Waals surface area (Å²) < 4.78 is 0. The maximum atomic E-state index is 6.09. The predicted molar refractivity (Wildman–Crippen MR) is 66.8 cm³/mol. The van der Waals surface area contributed by atoms with Crippen molar-refractivity contribution in [2.75, 3.05) is 0 Å². The first-order chi connectivity index (χ1) is 7.16. The zero-order chi connectivity index (χ0) is 10.8. The van der Waals surface area contributed by atoms with Crippen LogP contribution < -0.4 is 5.73 Å². The molecule has 0 fully saturated rings. The normalized spacial score (nSPS) is 12.7. The van der Waals surface area contributed by atoms with Gasteiger partial charge in [-0.1, -0.05) is 23.2 Å². The van der Waals surface area contributed by atoms with Crippen LogP contribution in [0.5, 0.6) is 0 Å². The van der Waals surface area contributed by atoms with Gasteiger partial charge in [0, 0.05) is 10.0 Å². The van der Waals surface area contributed by atoms with Gasteiger partial charge in [0.05, 0.1) is 6.04 Å². The van der Waals surface area contributed by atoms with Crippen molar-refractivity contribution in [1.82, 2.24) is 0 Å². The molecular weight excluding hydrogens is 249 g/mol. The fraction of sp³-hybridized carbons (Fsp3) is 0.0909. The molecular formula is C11H9Cl2NS. The van der Waals surface area contributed by atoms with Gasteiger partial charge in [-0.25, -0.2) is 0 Å². The molecule has 2 aromatic rings. The first-order valence-electron chi connectivity index (χ1n) is 4.40. The third-order valence-corrected chi connectivity index (χ3v) is 3.28. The fourth-order valence-corrected chi connectivity index (χ4v) is 2.64. The number of nitrogens with two attached hydrogens (primary N) is 1. The zero-order valence-corrected chi connectivity index (χ0v) is 10.1. The Balaban J connectivity index is 2.37. The fourth-order valence-electron chi connectivity index (χ4n) is 1.40. The van der Waals surface area contributed by atoms with E-state index in [1.165, 1.54) is 0 Å². The van der Waals surface area contributed by atoms with E-state index in [9.17, 15) is 0 Å². The molecule has 0 spiro atoms. The largest absolute Gasteiger partial charge is 0.320 e. The summed E-state index contributed by atoms with van der Waals surface area (Å²) in [6.45, 7) is 0. The van der Waals surface area contributed by atoms with E-state index in [4.69, 9.17) is 28.9 Å². The average molecular weight is 258 g/mol. The second-order valence-corrected chi connectivity index (χ2v) is 4.89. The molecule has 1 aromatic heterocycles. The van der Waals surface area contributed by atoms with Crippen molar-refractivity contribution in [3.63, 3.8) is 0 Å². The highest BCUT2D eigenvalue weighted by Gasteiger charge is 2.10. The van der Waals surface area contributed by atoms with E-state index >= 15 is 0 Å². The van der Waals surface area contributed by atoms with E-state index < -0.39 is 0 Å². The molecule has 1 aromatic carbocycles. The topological polar surface area (TPSA) is 26.0 Å². The van der Waals surface area contributed by atoms with Gasteiger partial charge >= 0.3 is 0 Å². The van der Waals surface area contributed by atoms with Crippen LogP contribution in [-0.2, 0) is 0 Å². The van der Waals surface area contributed by atoms with Crippen molar-refractivity contribution in [3.05, 3.63) is 56.2 Å². The van der Waals surface area contributed by atoms with Crippen molar-refractivity contribution in [3.8, 4) is 0 Å². The van der Waals surface area contributed by atoms with E-state index in [0.29, 0.717) is 10.0 Å². The molecule has 1 unspecified atom stereocenters. The molecule has 0 aliphatic rings. The SMILES string of the molecule is NC(c1ccsc1)c1cc(Cl)cc(Cl)c1. The summed E-state index contributed by atoms with van der Waals surface area (Å²) in [5, 5.41) is 5.26. The Morgan fingerprint density at radius 2 is 1.73 bits per heavy atom. The molecule has 1 atom stereocenters. The van der Waals surface area contributed by atoms with Gasteiger partial charge in [-0.2, -0.15) is 11.3 Å². The minimum atomic E-state index is -0.160. The van der Waals surface area contributed by atoms with Crippen LogP contribution in [0.4, 0.5) is 0 Å². The Labute approximate surface area is 102 Å². The van der Waals surface area contributed by atoms with E-state index in [-0.39, 0.29) is 6.04 Å². The minimum Gasteiger partial charge on any atom is -0.320 e. The standard InChI is InChI=1S/C11H9Cl2NS/c12-9-3-8(4-10(13)5-9)11(14)7-1-2-15-6-7/h1-6,11H,14H2. The van der Waals surface area contributed by atoms with Gasteiger partial charge in [-0.3, -0.25) is 0 Å². The molecule has 2 N–H and O–H groups in total. The molecule has 78 valence electrons. The lowest BCUT2D eigenvalue weighted by Gasteiger charge is -2.11. The summed E-state index contributed by atoms with van der Waals surface area (Å²) >= 11 is 13.5. The lowest BCUT2D eigenvalue weighted by atomic mass is 10.0. The van der Waals surface area contributed by atoms with E-state index in [1.54, 1.807) is 17.4 Å². The number of hydrogen-bond donors (Lipinski definition) is 1. The van der Waals surface area contributed by atoms with Gasteiger partial charge in [-0.05, 0) is 46.2 Å². The van der Waals surface area contributed by atoms with Crippen molar-refractivity contribution in [2.24, 2.45) is 5.73 Å². The van der Waals surface area contributed by atoms with Crippen molar-refractivity contribution >= 4 is 34.5 Å². The summed E-state index contributed by atoms with van der Waals surface area (Å²) in [6, 6.07) is 7.23. The van der Waals surface area contributed by atoms with E-state index in [2.05, 4.69) is 0 Å². The van der Waals surface area contributed by atoms with Gasteiger partial charge in [0.25, 0.3) is 0 Å². The molecule has 0 saturated heterocycles. The van der Waals surface area contributed by atoms with E-state index in [1.807, 2.05) is 29.0 Å². The molecule has 0 aliphatic carbocycles. The monoisotopic (exact) mass is 257 g/mol. The number of benzene rings is 1. The van der Waals surface area contributed by atoms with Crippen LogP contribution in [0.1, 0.15) is 17.2 Å². The highest BCUT2D eigenvalue weighted by molar-refractivity contribution is 7.08. The molecule has 0 aliphatic heterocycles. The first kappa shape index (κ1) is 11.0. The van der Waals surface area contributed by atoms with Crippen LogP contribution in [-0.4, -0.2) is 0 Å². The van der Waals surface area contributed by atoms with Gasteiger partial charge in [0.1, 0.15) is 0 Å². The Kier molecular flexibility index (Phi) is 3.32. The number of thiophene rings is 1. The van der Waals surface area contributed by atoms with Gasteiger partial charge in [-0.15, -0.1) is 0 Å². The van der Waals surface area contributed by atoms with Crippen LogP contribution in [0.15, 0.2) is 35.0 Å². The lowest BCUT2D eigenvalue weighted by Crippen LogP contribution is -2.10. The third kappa shape index (κ3) is 2.52. The predicted octanol–water partition coefficient (Wildman–Crippen LogP) is 4.10. The summed E-state index contributed by atoms with van der Waals surface area (Å²) in [6.07, 6.45) is 0. The second kappa shape index (κ2) is 4.54. The summed E-state index contributed by atoms with van der Waals surface area (Å²) in [5.41, 5.74) is 8.11. The Hall–Kier alpha value is -0.540. The van der Waals surface area contributed by atoms with Crippen LogP contribution in [0.25, 0.3) is 0 Å². The minimum absolute atomic E-state index is 0.160. The smallest absolute Gasteiger partial charge is 0.0560 e. The van der Waals surface area contributed by atoms with Crippen molar-refractivity contribution in [2.45, 2.75) is 6.04 Å². The lowest BCUT2D eigenvalue weighted by molar-refractivity contribution is 0.877. The molecule has 0 saturated carbocycles. The zero-order valence-electron chi connectivity index (χ0n) is 7.78. The number of halogens is 2. The molecule has 0 amide bonds. The molecule has 15 heavy (non-hydrogen) atoms. The maximum absolute atomic E-state index is 6.09. The maximum Gasteiger partial charge on any atom is 0.0560 e. The quantitative estimate of drug-likeness (QED) is 0.862. The van der Waals surface area contributed by atoms with Crippen molar-refractivity contribution < 1.29 is 0 Å². The Morgan fingerprint density at radius 3 is 2.27 bits per heavy atom. The van der Waals surface area contributed by atoms with Crippen LogP contribution >= 0.6 is 34.5 Å². The Bertz CT molecular complexity index is 433. The second-order valence-electron chi connectivity index (χ2n) is 3.24. The molecule has 4 heteroatoms. The average Bonchev–Trinajstić information content (AvgIpc) is 2.67. The van der Waals surface area contributed by atoms with Gasteiger partial charge in [0.2, 0.25) is 0 Å². The molecule has 1 heterocycles.